The van der Waals surface area contributed by atoms with Crippen LogP contribution in [-0.4, -0.2) is 35.1 Å². The van der Waals surface area contributed by atoms with Crippen LogP contribution in [0, 0.1) is 0 Å². The minimum Gasteiger partial charge on any atom is -0.507 e. The van der Waals surface area contributed by atoms with Gasteiger partial charge in [0.1, 0.15) is 11.5 Å². The first-order chi connectivity index (χ1) is 9.68. The Morgan fingerprint density at radius 1 is 1.14 bits per heavy atom. The minimum absolute atomic E-state index is 0.0162. The van der Waals surface area contributed by atoms with Crippen molar-refractivity contribution in [3.8, 4) is 11.5 Å². The zero-order valence-corrected chi connectivity index (χ0v) is 12.9. The molecule has 21 heavy (non-hydrogen) atoms. The summed E-state index contributed by atoms with van der Waals surface area (Å²) in [7, 11) is -0.598. The first kappa shape index (κ1) is 15.9. The van der Waals surface area contributed by atoms with Crippen LogP contribution in [0.2, 0.25) is 0 Å². The summed E-state index contributed by atoms with van der Waals surface area (Å²) in [5.74, 6) is -0.0325. The van der Waals surface area contributed by atoms with Crippen molar-refractivity contribution in [2.45, 2.75) is 38.9 Å². The molecule has 0 unspecified atom stereocenters. The standard InChI is InChI=1S/C15H22BNO4/c1-14(2)15(3,4)21-16(20-14)10(9-17)8-11-12(18)6-5-7-13(11)19/h5-8,18-19H,9,17H2,1-4H3. The maximum Gasteiger partial charge on any atom is 0.491 e. The molecule has 1 heterocycles. The van der Waals surface area contributed by atoms with Gasteiger partial charge in [0.25, 0.3) is 0 Å². The van der Waals surface area contributed by atoms with E-state index in [2.05, 4.69) is 0 Å². The second-order valence-corrected chi connectivity index (χ2v) is 6.22. The Hall–Kier alpha value is -1.50. The van der Waals surface area contributed by atoms with Gasteiger partial charge in [-0.25, -0.2) is 0 Å². The fourth-order valence-corrected chi connectivity index (χ4v) is 2.09. The molecule has 1 aromatic carbocycles. The van der Waals surface area contributed by atoms with Crippen molar-refractivity contribution in [2.75, 3.05) is 6.54 Å². The van der Waals surface area contributed by atoms with Crippen molar-refractivity contribution < 1.29 is 19.5 Å². The number of hydrogen-bond acceptors (Lipinski definition) is 5. The Bertz CT molecular complexity index is 533. The Kier molecular flexibility index (Phi) is 4.06. The molecule has 0 atom stereocenters. The van der Waals surface area contributed by atoms with Gasteiger partial charge in [-0.15, -0.1) is 0 Å². The van der Waals surface area contributed by atoms with E-state index in [1.807, 2.05) is 27.7 Å². The zero-order valence-electron chi connectivity index (χ0n) is 12.9. The van der Waals surface area contributed by atoms with E-state index in [1.165, 1.54) is 12.1 Å². The van der Waals surface area contributed by atoms with Crippen LogP contribution in [0.15, 0.2) is 23.7 Å². The third-order valence-electron chi connectivity index (χ3n) is 4.18. The van der Waals surface area contributed by atoms with Gasteiger partial charge in [0, 0.05) is 6.54 Å². The summed E-state index contributed by atoms with van der Waals surface area (Å²) in [6.07, 6.45) is 1.62. The number of hydrogen-bond donors (Lipinski definition) is 3. The lowest BCUT2D eigenvalue weighted by Crippen LogP contribution is -2.41. The van der Waals surface area contributed by atoms with Gasteiger partial charge < -0.3 is 25.3 Å². The van der Waals surface area contributed by atoms with Crippen LogP contribution in [0.1, 0.15) is 33.3 Å². The van der Waals surface area contributed by atoms with E-state index in [9.17, 15) is 10.2 Å². The van der Waals surface area contributed by atoms with Gasteiger partial charge in [0.05, 0.1) is 16.8 Å². The Labute approximate surface area is 125 Å². The van der Waals surface area contributed by atoms with E-state index in [1.54, 1.807) is 12.1 Å². The SMILES string of the molecule is CC1(C)OB(C(=Cc2c(O)cccc2O)CN)OC1(C)C. The van der Waals surface area contributed by atoms with Crippen LogP contribution in [-0.2, 0) is 9.31 Å². The summed E-state index contributed by atoms with van der Waals surface area (Å²) in [6.45, 7) is 8.03. The third kappa shape index (κ3) is 2.93. The second-order valence-electron chi connectivity index (χ2n) is 6.22. The molecule has 6 heteroatoms. The van der Waals surface area contributed by atoms with E-state index in [4.69, 9.17) is 15.0 Å². The van der Waals surface area contributed by atoms with Crippen molar-refractivity contribution in [2.24, 2.45) is 5.73 Å². The molecule has 1 aromatic rings. The minimum atomic E-state index is -0.598. The lowest BCUT2D eigenvalue weighted by Gasteiger charge is -2.32. The lowest BCUT2D eigenvalue weighted by molar-refractivity contribution is 0.00578. The smallest absolute Gasteiger partial charge is 0.491 e. The predicted molar refractivity (Wildman–Crippen MR) is 82.9 cm³/mol. The number of nitrogens with two attached hydrogens (primary N) is 1. The number of aromatic hydroxyl groups is 2. The number of benzene rings is 1. The monoisotopic (exact) mass is 291 g/mol. The average molecular weight is 291 g/mol. The molecule has 0 radical (unpaired) electrons. The summed E-state index contributed by atoms with van der Waals surface area (Å²) >= 11 is 0. The highest BCUT2D eigenvalue weighted by Crippen LogP contribution is 2.39. The van der Waals surface area contributed by atoms with E-state index >= 15 is 0 Å². The van der Waals surface area contributed by atoms with Gasteiger partial charge in [-0.2, -0.15) is 0 Å². The van der Waals surface area contributed by atoms with E-state index in [-0.39, 0.29) is 18.0 Å². The van der Waals surface area contributed by atoms with Crippen LogP contribution in [0.4, 0.5) is 0 Å². The van der Waals surface area contributed by atoms with Crippen LogP contribution in [0.25, 0.3) is 6.08 Å². The second kappa shape index (κ2) is 5.37. The van der Waals surface area contributed by atoms with Crippen molar-refractivity contribution in [3.63, 3.8) is 0 Å². The highest BCUT2D eigenvalue weighted by molar-refractivity contribution is 6.56. The molecule has 1 aliphatic heterocycles. The highest BCUT2D eigenvalue weighted by Gasteiger charge is 2.52. The molecule has 4 N–H and O–H groups in total. The van der Waals surface area contributed by atoms with Crippen LogP contribution in [0.3, 0.4) is 0 Å². The average Bonchev–Trinajstić information content (AvgIpc) is 2.58. The molecule has 0 saturated carbocycles. The molecule has 0 bridgehead atoms. The van der Waals surface area contributed by atoms with Crippen LogP contribution in [0.5, 0.6) is 11.5 Å². The molecule has 2 rings (SSSR count). The van der Waals surface area contributed by atoms with Gasteiger partial charge in [0.15, 0.2) is 0 Å². The van der Waals surface area contributed by atoms with Gasteiger partial charge >= 0.3 is 7.12 Å². The number of rotatable bonds is 3. The van der Waals surface area contributed by atoms with E-state index < -0.39 is 18.3 Å². The third-order valence-corrected chi connectivity index (χ3v) is 4.18. The Morgan fingerprint density at radius 3 is 2.05 bits per heavy atom. The van der Waals surface area contributed by atoms with Gasteiger partial charge in [-0.3, -0.25) is 0 Å². The molecule has 1 fully saturated rings. The van der Waals surface area contributed by atoms with Crippen molar-refractivity contribution in [1.82, 2.24) is 0 Å². The Morgan fingerprint density at radius 2 is 1.62 bits per heavy atom. The first-order valence-electron chi connectivity index (χ1n) is 6.95. The summed E-state index contributed by atoms with van der Waals surface area (Å²) in [4.78, 5) is 0. The molecular weight excluding hydrogens is 269 g/mol. The molecule has 114 valence electrons. The number of phenols is 2. The highest BCUT2D eigenvalue weighted by atomic mass is 16.7. The Balaban J connectivity index is 2.36. The van der Waals surface area contributed by atoms with Gasteiger partial charge in [-0.1, -0.05) is 12.1 Å². The fraction of sp³-hybridized carbons (Fsp3) is 0.467. The van der Waals surface area contributed by atoms with E-state index in [0.717, 1.165) is 0 Å². The molecule has 0 aromatic heterocycles. The van der Waals surface area contributed by atoms with Gasteiger partial charge in [0.2, 0.25) is 0 Å². The maximum absolute atomic E-state index is 9.86. The lowest BCUT2D eigenvalue weighted by atomic mass is 9.77. The van der Waals surface area contributed by atoms with Crippen molar-refractivity contribution in [3.05, 3.63) is 29.2 Å². The predicted octanol–water partition coefficient (Wildman–Crippen LogP) is 2.07. The molecular formula is C15H22BNO4. The summed E-state index contributed by atoms with van der Waals surface area (Å²) in [5, 5.41) is 19.7. The quantitative estimate of drug-likeness (QED) is 0.742. The van der Waals surface area contributed by atoms with Crippen LogP contribution >= 0.6 is 0 Å². The maximum atomic E-state index is 9.86. The first-order valence-corrected chi connectivity index (χ1v) is 6.95. The molecule has 1 saturated heterocycles. The normalized spacial score (nSPS) is 20.8. The van der Waals surface area contributed by atoms with Crippen molar-refractivity contribution in [1.29, 1.82) is 0 Å². The van der Waals surface area contributed by atoms with Crippen LogP contribution < -0.4 is 5.73 Å². The molecule has 0 spiro atoms. The largest absolute Gasteiger partial charge is 0.507 e. The topological polar surface area (TPSA) is 84.9 Å². The molecule has 5 nitrogen and oxygen atoms in total. The number of phenolic OH excluding ortho intramolecular Hbond substituents is 2. The molecule has 0 aliphatic carbocycles. The van der Waals surface area contributed by atoms with Crippen molar-refractivity contribution >= 4 is 13.2 Å². The summed E-state index contributed by atoms with van der Waals surface area (Å²) in [6, 6.07) is 4.58. The zero-order chi connectivity index (χ0) is 15.8. The molecule has 1 aliphatic rings. The fourth-order valence-electron chi connectivity index (χ4n) is 2.09. The summed E-state index contributed by atoms with van der Waals surface area (Å²) in [5.41, 5.74) is 5.83. The summed E-state index contributed by atoms with van der Waals surface area (Å²) < 4.78 is 11.9. The van der Waals surface area contributed by atoms with Gasteiger partial charge in [-0.05, 0) is 45.3 Å². The molecule has 0 amide bonds. The van der Waals surface area contributed by atoms with E-state index in [0.29, 0.717) is 11.0 Å².